The molecule has 0 atom stereocenters. The first kappa shape index (κ1) is 17.8. The molecule has 0 aliphatic rings. The minimum Gasteiger partial charge on any atom is -0.484 e. The maximum atomic E-state index is 12.0. The first-order valence-electron chi connectivity index (χ1n) is 7.55. The lowest BCUT2D eigenvalue weighted by Gasteiger charge is -2.19. The maximum Gasteiger partial charge on any atom is 0.262 e. The largest absolute Gasteiger partial charge is 0.484 e. The Hall–Kier alpha value is -1.56. The molecule has 0 radical (unpaired) electrons. The summed E-state index contributed by atoms with van der Waals surface area (Å²) < 4.78 is 6.70. The monoisotopic (exact) mass is 423 g/mol. The average molecular weight is 423 g/mol. The van der Waals surface area contributed by atoms with Gasteiger partial charge in [0.15, 0.2) is 6.61 Å². The molecule has 1 amide bonds. The molecule has 0 saturated carbocycles. The summed E-state index contributed by atoms with van der Waals surface area (Å²) in [7, 11) is 0. The Balaban J connectivity index is 1.91. The number of amides is 1. The number of carbonyl (C=O) groups is 1. The molecule has 0 aromatic heterocycles. The van der Waals surface area contributed by atoms with Crippen LogP contribution in [0.2, 0.25) is 0 Å². The molecular formula is C19H22INO2. The van der Waals surface area contributed by atoms with E-state index in [1.807, 2.05) is 49.4 Å². The number of nitrogens with one attached hydrogen (secondary N) is 1. The van der Waals surface area contributed by atoms with Crippen molar-refractivity contribution in [1.82, 2.24) is 0 Å². The third-order valence-corrected chi connectivity index (χ3v) is 4.22. The van der Waals surface area contributed by atoms with Crippen LogP contribution in [-0.2, 0) is 10.2 Å². The highest BCUT2D eigenvalue weighted by Crippen LogP contribution is 2.24. The van der Waals surface area contributed by atoms with Crippen LogP contribution in [0.15, 0.2) is 42.5 Å². The fourth-order valence-corrected chi connectivity index (χ4v) is 2.80. The van der Waals surface area contributed by atoms with E-state index in [0.29, 0.717) is 5.75 Å². The highest BCUT2D eigenvalue weighted by molar-refractivity contribution is 14.1. The summed E-state index contributed by atoms with van der Waals surface area (Å²) in [6, 6.07) is 13.8. The molecule has 0 fully saturated rings. The van der Waals surface area contributed by atoms with Gasteiger partial charge in [-0.3, -0.25) is 4.79 Å². The third kappa shape index (κ3) is 5.23. The zero-order valence-corrected chi connectivity index (χ0v) is 16.1. The van der Waals surface area contributed by atoms with Gasteiger partial charge in [0.1, 0.15) is 5.75 Å². The highest BCUT2D eigenvalue weighted by Gasteiger charge is 2.13. The molecular weight excluding hydrogens is 401 g/mol. The van der Waals surface area contributed by atoms with Gasteiger partial charge in [0, 0.05) is 9.26 Å². The van der Waals surface area contributed by atoms with Gasteiger partial charge in [0.05, 0.1) is 0 Å². The van der Waals surface area contributed by atoms with Gasteiger partial charge in [-0.2, -0.15) is 0 Å². The first-order chi connectivity index (χ1) is 10.8. The molecule has 23 heavy (non-hydrogen) atoms. The molecule has 2 aromatic carbocycles. The molecule has 0 heterocycles. The van der Waals surface area contributed by atoms with E-state index in [0.717, 1.165) is 14.8 Å². The predicted molar refractivity (Wildman–Crippen MR) is 103 cm³/mol. The van der Waals surface area contributed by atoms with Crippen molar-refractivity contribution in [2.45, 2.75) is 33.1 Å². The summed E-state index contributed by atoms with van der Waals surface area (Å²) >= 11 is 2.25. The molecule has 1 N–H and O–H groups in total. The average Bonchev–Trinajstić information content (AvgIpc) is 2.47. The van der Waals surface area contributed by atoms with Crippen molar-refractivity contribution < 1.29 is 9.53 Å². The SMILES string of the molecule is Cc1cc(I)ccc1NC(=O)COc1ccc(C(C)(C)C)cc1. The number of halogens is 1. The van der Waals surface area contributed by atoms with Crippen molar-refractivity contribution >= 4 is 34.2 Å². The van der Waals surface area contributed by atoms with Crippen LogP contribution >= 0.6 is 22.6 Å². The van der Waals surface area contributed by atoms with Gasteiger partial charge in [-0.15, -0.1) is 0 Å². The number of rotatable bonds is 4. The lowest BCUT2D eigenvalue weighted by molar-refractivity contribution is -0.118. The Morgan fingerprint density at radius 3 is 2.35 bits per heavy atom. The summed E-state index contributed by atoms with van der Waals surface area (Å²) in [4.78, 5) is 12.0. The van der Waals surface area contributed by atoms with Crippen molar-refractivity contribution in [3.63, 3.8) is 0 Å². The van der Waals surface area contributed by atoms with E-state index in [4.69, 9.17) is 4.74 Å². The minimum atomic E-state index is -0.158. The minimum absolute atomic E-state index is 0.000289. The molecule has 0 aliphatic heterocycles. The summed E-state index contributed by atoms with van der Waals surface area (Å²) in [6.45, 7) is 8.48. The number of aryl methyl sites for hydroxylation is 1. The molecule has 4 heteroatoms. The number of anilines is 1. The van der Waals surface area contributed by atoms with Crippen molar-refractivity contribution in [2.24, 2.45) is 0 Å². The van der Waals surface area contributed by atoms with Crippen molar-refractivity contribution in [3.05, 3.63) is 57.2 Å². The van der Waals surface area contributed by atoms with E-state index in [9.17, 15) is 4.79 Å². The third-order valence-electron chi connectivity index (χ3n) is 3.55. The topological polar surface area (TPSA) is 38.3 Å². The second-order valence-corrected chi connectivity index (χ2v) is 7.82. The maximum absolute atomic E-state index is 12.0. The second-order valence-electron chi connectivity index (χ2n) is 6.57. The Bertz CT molecular complexity index is 688. The van der Waals surface area contributed by atoms with Crippen LogP contribution in [0.4, 0.5) is 5.69 Å². The van der Waals surface area contributed by atoms with E-state index in [1.165, 1.54) is 5.56 Å². The number of hydrogen-bond donors (Lipinski definition) is 1. The van der Waals surface area contributed by atoms with Crippen LogP contribution in [0.5, 0.6) is 5.75 Å². The Morgan fingerprint density at radius 2 is 1.78 bits per heavy atom. The predicted octanol–water partition coefficient (Wildman–Crippen LogP) is 4.91. The molecule has 0 bridgehead atoms. The molecule has 3 nitrogen and oxygen atoms in total. The molecule has 0 unspecified atom stereocenters. The van der Waals surface area contributed by atoms with E-state index in [1.54, 1.807) is 0 Å². The van der Waals surface area contributed by atoms with Gasteiger partial charge >= 0.3 is 0 Å². The molecule has 0 aliphatic carbocycles. The Kier molecular flexibility index (Phi) is 5.68. The molecule has 2 aromatic rings. The summed E-state index contributed by atoms with van der Waals surface area (Å²) in [6.07, 6.45) is 0. The van der Waals surface area contributed by atoms with Gasteiger partial charge in [0.2, 0.25) is 0 Å². The van der Waals surface area contributed by atoms with E-state index in [-0.39, 0.29) is 17.9 Å². The van der Waals surface area contributed by atoms with Crippen LogP contribution < -0.4 is 10.1 Å². The van der Waals surface area contributed by atoms with Crippen molar-refractivity contribution in [2.75, 3.05) is 11.9 Å². The quantitative estimate of drug-likeness (QED) is 0.710. The molecule has 2 rings (SSSR count). The fraction of sp³-hybridized carbons (Fsp3) is 0.316. The zero-order valence-electron chi connectivity index (χ0n) is 13.9. The van der Waals surface area contributed by atoms with Crippen molar-refractivity contribution in [3.8, 4) is 5.75 Å². The lowest BCUT2D eigenvalue weighted by atomic mass is 9.87. The number of hydrogen-bond acceptors (Lipinski definition) is 2. The normalized spacial score (nSPS) is 11.2. The second kappa shape index (κ2) is 7.34. The Labute approximate surface area is 151 Å². The van der Waals surface area contributed by atoms with E-state index < -0.39 is 0 Å². The molecule has 122 valence electrons. The standard InChI is InChI=1S/C19H22INO2/c1-13-11-15(20)7-10-17(13)21-18(22)12-23-16-8-5-14(6-9-16)19(2,3)4/h5-11H,12H2,1-4H3,(H,21,22). The van der Waals surface area contributed by atoms with Gasteiger partial charge in [-0.25, -0.2) is 0 Å². The van der Waals surface area contributed by atoms with E-state index in [2.05, 4.69) is 48.7 Å². The zero-order chi connectivity index (χ0) is 17.0. The first-order valence-corrected chi connectivity index (χ1v) is 8.63. The Morgan fingerprint density at radius 1 is 1.13 bits per heavy atom. The van der Waals surface area contributed by atoms with Gasteiger partial charge in [-0.1, -0.05) is 32.9 Å². The summed E-state index contributed by atoms with van der Waals surface area (Å²) in [5.74, 6) is 0.543. The van der Waals surface area contributed by atoms with Crippen LogP contribution in [0.1, 0.15) is 31.9 Å². The number of benzene rings is 2. The van der Waals surface area contributed by atoms with Crippen LogP contribution in [-0.4, -0.2) is 12.5 Å². The van der Waals surface area contributed by atoms with Gasteiger partial charge in [0.25, 0.3) is 5.91 Å². The van der Waals surface area contributed by atoms with Gasteiger partial charge in [-0.05, 0) is 76.4 Å². The number of carbonyl (C=O) groups excluding carboxylic acids is 1. The van der Waals surface area contributed by atoms with Gasteiger partial charge < -0.3 is 10.1 Å². The molecule has 0 spiro atoms. The highest BCUT2D eigenvalue weighted by atomic mass is 127. The van der Waals surface area contributed by atoms with Crippen LogP contribution in [0.25, 0.3) is 0 Å². The summed E-state index contributed by atoms with van der Waals surface area (Å²) in [5, 5.41) is 2.88. The molecule has 0 saturated heterocycles. The fourth-order valence-electron chi connectivity index (χ4n) is 2.15. The van der Waals surface area contributed by atoms with E-state index >= 15 is 0 Å². The smallest absolute Gasteiger partial charge is 0.262 e. The number of ether oxygens (including phenoxy) is 1. The van der Waals surface area contributed by atoms with Crippen LogP contribution in [0.3, 0.4) is 0 Å². The summed E-state index contributed by atoms with van der Waals surface area (Å²) in [5.41, 5.74) is 3.21. The lowest BCUT2D eigenvalue weighted by Crippen LogP contribution is -2.20. The van der Waals surface area contributed by atoms with Crippen molar-refractivity contribution in [1.29, 1.82) is 0 Å². The van der Waals surface area contributed by atoms with Crippen LogP contribution in [0, 0.1) is 10.5 Å².